The van der Waals surface area contributed by atoms with Crippen molar-refractivity contribution in [3.05, 3.63) is 59.7 Å². The highest BCUT2D eigenvalue weighted by Gasteiger charge is 2.30. The summed E-state index contributed by atoms with van der Waals surface area (Å²) in [5.41, 5.74) is 1.61. The maximum atomic E-state index is 12.5. The maximum Gasteiger partial charge on any atom is 0.387 e. The molecular formula is C22H26F2N2O3. The fourth-order valence-electron chi connectivity index (χ4n) is 3.91. The second-order valence-electron chi connectivity index (χ2n) is 7.21. The number of halogens is 2. The lowest BCUT2D eigenvalue weighted by Crippen LogP contribution is -2.41. The quantitative estimate of drug-likeness (QED) is 0.755. The average Bonchev–Trinajstić information content (AvgIpc) is 2.72. The van der Waals surface area contributed by atoms with Gasteiger partial charge in [0.05, 0.1) is 7.11 Å². The van der Waals surface area contributed by atoms with E-state index in [1.54, 1.807) is 7.11 Å². The van der Waals surface area contributed by atoms with Crippen LogP contribution in [0.15, 0.2) is 48.5 Å². The van der Waals surface area contributed by atoms with Gasteiger partial charge in [-0.05, 0) is 74.3 Å². The van der Waals surface area contributed by atoms with Crippen molar-refractivity contribution in [2.45, 2.75) is 25.5 Å². The smallest absolute Gasteiger partial charge is 0.387 e. The number of amides is 1. The van der Waals surface area contributed by atoms with Crippen molar-refractivity contribution in [3.63, 3.8) is 0 Å². The Labute approximate surface area is 169 Å². The zero-order chi connectivity index (χ0) is 20.8. The Morgan fingerprint density at radius 1 is 1.14 bits per heavy atom. The van der Waals surface area contributed by atoms with Gasteiger partial charge in [-0.15, -0.1) is 0 Å². The van der Waals surface area contributed by atoms with E-state index < -0.39 is 6.61 Å². The minimum atomic E-state index is -2.88. The molecule has 1 heterocycles. The summed E-state index contributed by atoms with van der Waals surface area (Å²) in [6.07, 6.45) is 2.09. The van der Waals surface area contributed by atoms with E-state index >= 15 is 0 Å². The maximum absolute atomic E-state index is 12.5. The van der Waals surface area contributed by atoms with Crippen molar-refractivity contribution in [2.75, 3.05) is 27.2 Å². The number of nitrogens with one attached hydrogen (secondary N) is 1. The number of carbonyl (C=O) groups excluding carboxylic acids is 1. The van der Waals surface area contributed by atoms with E-state index in [1.807, 2.05) is 12.1 Å². The molecule has 0 radical (unpaired) electrons. The molecule has 7 heteroatoms. The largest absolute Gasteiger partial charge is 0.497 e. The summed E-state index contributed by atoms with van der Waals surface area (Å²) in [5.74, 6) is 0.893. The summed E-state index contributed by atoms with van der Waals surface area (Å²) in [7, 11) is 3.75. The van der Waals surface area contributed by atoms with Crippen molar-refractivity contribution in [2.24, 2.45) is 5.92 Å². The molecule has 2 atom stereocenters. The van der Waals surface area contributed by atoms with Crippen LogP contribution >= 0.6 is 0 Å². The molecule has 0 bridgehead atoms. The van der Waals surface area contributed by atoms with Crippen LogP contribution in [-0.2, 0) is 0 Å². The number of hydrogen-bond donors (Lipinski definition) is 1. The summed E-state index contributed by atoms with van der Waals surface area (Å²) >= 11 is 0. The Morgan fingerprint density at radius 3 is 2.41 bits per heavy atom. The van der Waals surface area contributed by atoms with Gasteiger partial charge in [0.2, 0.25) is 0 Å². The Hall–Kier alpha value is -2.67. The summed E-state index contributed by atoms with van der Waals surface area (Å²) in [4.78, 5) is 14.8. The molecule has 2 unspecified atom stereocenters. The molecule has 1 saturated heterocycles. The molecule has 0 spiro atoms. The first-order valence-electron chi connectivity index (χ1n) is 9.65. The summed E-state index contributed by atoms with van der Waals surface area (Å²) in [6.45, 7) is -1.34. The number of likely N-dealkylation sites (tertiary alicyclic amines) is 1. The fraction of sp³-hybridized carbons (Fsp3) is 0.409. The lowest BCUT2D eigenvalue weighted by Gasteiger charge is -2.39. The van der Waals surface area contributed by atoms with Crippen LogP contribution in [0, 0.1) is 5.92 Å². The molecule has 5 nitrogen and oxygen atoms in total. The Kier molecular flexibility index (Phi) is 7.04. The molecule has 1 N–H and O–H groups in total. The Bertz CT molecular complexity index is 797. The third kappa shape index (κ3) is 5.44. The van der Waals surface area contributed by atoms with Gasteiger partial charge in [-0.25, -0.2) is 0 Å². The first-order chi connectivity index (χ1) is 14.0. The zero-order valence-electron chi connectivity index (χ0n) is 16.6. The fourth-order valence-corrected chi connectivity index (χ4v) is 3.91. The second-order valence-corrected chi connectivity index (χ2v) is 7.21. The van der Waals surface area contributed by atoms with Crippen LogP contribution in [0.25, 0.3) is 0 Å². The van der Waals surface area contributed by atoms with Crippen molar-refractivity contribution < 1.29 is 23.0 Å². The van der Waals surface area contributed by atoms with E-state index in [-0.39, 0.29) is 23.6 Å². The predicted octanol–water partition coefficient (Wildman–Crippen LogP) is 4.11. The number of hydrogen-bond acceptors (Lipinski definition) is 4. The highest BCUT2D eigenvalue weighted by molar-refractivity contribution is 5.94. The average molecular weight is 404 g/mol. The van der Waals surface area contributed by atoms with Gasteiger partial charge in [-0.1, -0.05) is 12.1 Å². The number of benzene rings is 2. The van der Waals surface area contributed by atoms with Gasteiger partial charge in [0.25, 0.3) is 5.91 Å². The molecule has 0 saturated carbocycles. The number of rotatable bonds is 7. The van der Waals surface area contributed by atoms with Crippen LogP contribution in [0.2, 0.25) is 0 Å². The minimum Gasteiger partial charge on any atom is -0.497 e. The zero-order valence-corrected chi connectivity index (χ0v) is 16.6. The summed E-state index contributed by atoms with van der Waals surface area (Å²) < 4.78 is 34.1. The Balaban J connectivity index is 1.64. The molecule has 1 aliphatic heterocycles. The van der Waals surface area contributed by atoms with Crippen LogP contribution < -0.4 is 14.8 Å². The molecule has 156 valence electrons. The molecule has 2 aromatic rings. The van der Waals surface area contributed by atoms with E-state index in [0.29, 0.717) is 12.1 Å². The number of nitrogens with zero attached hydrogens (tertiary/aromatic N) is 1. The first kappa shape index (κ1) is 21.0. The number of alkyl halides is 2. The predicted molar refractivity (Wildman–Crippen MR) is 106 cm³/mol. The number of ether oxygens (including phenoxy) is 2. The van der Waals surface area contributed by atoms with Crippen LogP contribution in [-0.4, -0.2) is 44.7 Å². The van der Waals surface area contributed by atoms with Gasteiger partial charge in [0.1, 0.15) is 11.5 Å². The number of carbonyl (C=O) groups is 1. The van der Waals surface area contributed by atoms with Gasteiger partial charge >= 0.3 is 6.61 Å². The first-order valence-corrected chi connectivity index (χ1v) is 9.65. The van der Waals surface area contributed by atoms with Gasteiger partial charge in [0.15, 0.2) is 0 Å². The summed E-state index contributed by atoms with van der Waals surface area (Å²) in [5, 5.41) is 2.99. The third-order valence-electron chi connectivity index (χ3n) is 5.33. The molecule has 2 aromatic carbocycles. The highest BCUT2D eigenvalue weighted by Crippen LogP contribution is 2.35. The summed E-state index contributed by atoms with van der Waals surface area (Å²) in [6, 6.07) is 14.0. The molecular weight excluding hydrogens is 378 g/mol. The molecule has 3 rings (SSSR count). The molecule has 29 heavy (non-hydrogen) atoms. The van der Waals surface area contributed by atoms with E-state index in [1.165, 1.54) is 29.8 Å². The standard InChI is InChI=1S/C22H26F2N2O3/c1-26-13-3-4-17(20(26)15-5-9-18(28-2)10-6-15)14-25-21(27)16-7-11-19(12-8-16)29-22(23)24/h5-12,17,20,22H,3-4,13-14H2,1-2H3,(H,25,27). The van der Waals surface area contributed by atoms with E-state index in [0.717, 1.165) is 25.1 Å². The molecule has 1 aliphatic rings. The molecule has 1 fully saturated rings. The molecule has 0 aromatic heterocycles. The van der Waals surface area contributed by atoms with E-state index in [9.17, 15) is 13.6 Å². The lowest BCUT2D eigenvalue weighted by molar-refractivity contribution is -0.0498. The topological polar surface area (TPSA) is 50.8 Å². The third-order valence-corrected chi connectivity index (χ3v) is 5.33. The van der Waals surface area contributed by atoms with Gasteiger partial charge in [-0.3, -0.25) is 9.69 Å². The SMILES string of the molecule is COc1ccc(C2C(CNC(=O)c3ccc(OC(F)F)cc3)CCCN2C)cc1. The second kappa shape index (κ2) is 9.69. The molecule has 1 amide bonds. The molecule has 0 aliphatic carbocycles. The Morgan fingerprint density at radius 2 is 1.79 bits per heavy atom. The van der Waals surface area contributed by atoms with Crippen LogP contribution in [0.5, 0.6) is 11.5 Å². The van der Waals surface area contributed by atoms with Gasteiger partial charge in [-0.2, -0.15) is 8.78 Å². The van der Waals surface area contributed by atoms with Crippen LogP contribution in [0.3, 0.4) is 0 Å². The van der Waals surface area contributed by atoms with Crippen LogP contribution in [0.1, 0.15) is 34.8 Å². The monoisotopic (exact) mass is 404 g/mol. The van der Waals surface area contributed by atoms with Crippen molar-refractivity contribution in [1.29, 1.82) is 0 Å². The van der Waals surface area contributed by atoms with Crippen molar-refractivity contribution in [3.8, 4) is 11.5 Å². The minimum absolute atomic E-state index is 0.0324. The van der Waals surface area contributed by atoms with Crippen LogP contribution in [0.4, 0.5) is 8.78 Å². The highest BCUT2D eigenvalue weighted by atomic mass is 19.3. The van der Waals surface area contributed by atoms with Gasteiger partial charge < -0.3 is 14.8 Å². The number of methoxy groups -OCH3 is 1. The van der Waals surface area contributed by atoms with E-state index in [2.05, 4.69) is 34.1 Å². The van der Waals surface area contributed by atoms with Crippen molar-refractivity contribution >= 4 is 5.91 Å². The normalized spacial score (nSPS) is 19.8. The lowest BCUT2D eigenvalue weighted by atomic mass is 9.85. The van der Waals surface area contributed by atoms with E-state index in [4.69, 9.17) is 4.74 Å². The number of piperidine rings is 1. The van der Waals surface area contributed by atoms with Crippen molar-refractivity contribution in [1.82, 2.24) is 10.2 Å². The van der Waals surface area contributed by atoms with Gasteiger partial charge in [0, 0.05) is 18.2 Å².